The third-order valence-corrected chi connectivity index (χ3v) is 10.3. The Morgan fingerprint density at radius 2 is 1.07 bits per heavy atom. The van der Waals surface area contributed by atoms with Crippen LogP contribution >= 0.6 is 17.0 Å². The molecule has 0 bridgehead atoms. The van der Waals surface area contributed by atoms with Gasteiger partial charge in [-0.15, -0.1) is 81.2 Å². The summed E-state index contributed by atoms with van der Waals surface area (Å²) in [4.78, 5) is 0. The average Bonchev–Trinajstić information content (AvgIpc) is 3.23. The average molecular weight is 537 g/mol. The van der Waals surface area contributed by atoms with E-state index in [1.54, 1.807) is 0 Å². The minimum absolute atomic E-state index is 0.603. The zero-order valence-corrected chi connectivity index (χ0v) is 24.2. The van der Waals surface area contributed by atoms with Crippen LogP contribution in [0.3, 0.4) is 0 Å². The van der Waals surface area contributed by atoms with Gasteiger partial charge in [0.25, 0.3) is 0 Å². The van der Waals surface area contributed by atoms with Gasteiger partial charge in [-0.1, -0.05) is 52.2 Å². The molecule has 0 aromatic heterocycles. The van der Waals surface area contributed by atoms with Gasteiger partial charge < -0.3 is 0 Å². The van der Waals surface area contributed by atoms with Crippen molar-refractivity contribution in [1.29, 1.82) is 0 Å². The summed E-state index contributed by atoms with van der Waals surface area (Å²) >= 11 is -0.826. The normalized spacial score (nSPS) is 10.1. The Hall–Kier alpha value is -0.443. The maximum atomic E-state index is 4.93. The maximum absolute atomic E-state index is 4.93. The van der Waals surface area contributed by atoms with Crippen molar-refractivity contribution >= 4 is 55.2 Å². The molecule has 4 aromatic carbocycles. The fourth-order valence-electron chi connectivity index (χ4n) is 2.61. The van der Waals surface area contributed by atoms with Gasteiger partial charge in [-0.2, -0.15) is 12.1 Å². The third-order valence-electron chi connectivity index (χ3n) is 4.27. The molecule has 4 rings (SSSR count). The zero-order chi connectivity index (χ0) is 21.9. The quantitative estimate of drug-likeness (QED) is 0.169. The van der Waals surface area contributed by atoms with Crippen molar-refractivity contribution in [2.75, 3.05) is 0 Å². The van der Waals surface area contributed by atoms with Crippen molar-refractivity contribution in [3.63, 3.8) is 0 Å². The Kier molecular flexibility index (Phi) is 12.6. The van der Waals surface area contributed by atoms with E-state index in [1.165, 1.54) is 41.7 Å². The predicted octanol–water partition coefficient (Wildman–Crippen LogP) is 8.68. The monoisotopic (exact) mass is 534 g/mol. The molecule has 152 valence electrons. The van der Waals surface area contributed by atoms with E-state index in [1.807, 2.05) is 0 Å². The van der Waals surface area contributed by atoms with Crippen molar-refractivity contribution in [3.05, 3.63) is 83.9 Å². The molecular weight excluding hydrogens is 507 g/mol. The van der Waals surface area contributed by atoms with Gasteiger partial charge in [-0.3, -0.25) is 0 Å². The van der Waals surface area contributed by atoms with Gasteiger partial charge in [-0.05, 0) is 0 Å². The van der Waals surface area contributed by atoms with Crippen LogP contribution in [0.1, 0.15) is 11.1 Å². The molecule has 0 unspecified atom stereocenters. The van der Waals surface area contributed by atoms with Gasteiger partial charge in [-0.25, -0.2) is 0 Å². The van der Waals surface area contributed by atoms with Gasteiger partial charge in [0.1, 0.15) is 0 Å². The first kappa shape index (κ1) is 26.6. The first-order chi connectivity index (χ1) is 13.7. The number of rotatable bonds is 1. The number of aryl methyl sites for hydroxylation is 2. The Labute approximate surface area is 198 Å². The van der Waals surface area contributed by atoms with Crippen LogP contribution in [0.5, 0.6) is 0 Å². The van der Waals surface area contributed by atoms with Gasteiger partial charge in [0.2, 0.25) is 0 Å². The van der Waals surface area contributed by atoms with Gasteiger partial charge in [0.15, 0.2) is 0 Å². The Morgan fingerprint density at radius 3 is 1.34 bits per heavy atom. The van der Waals surface area contributed by atoms with Crippen LogP contribution in [-0.4, -0.2) is 16.6 Å². The van der Waals surface area contributed by atoms with E-state index in [4.69, 9.17) is 17.0 Å². The molecule has 0 amide bonds. The fraction of sp³-hybridized carbons (Fsp3) is 0.250. The molecule has 0 aliphatic carbocycles. The van der Waals surface area contributed by atoms with E-state index < -0.39 is 28.4 Å². The Morgan fingerprint density at radius 1 is 0.759 bits per heavy atom. The second kappa shape index (κ2) is 13.8. The molecule has 0 saturated carbocycles. The molecule has 5 heteroatoms. The van der Waals surface area contributed by atoms with Crippen LogP contribution in [0.25, 0.3) is 21.5 Å². The summed E-state index contributed by atoms with van der Waals surface area (Å²) < 4.78 is 0. The van der Waals surface area contributed by atoms with Crippen LogP contribution < -0.4 is 0 Å². The Balaban J connectivity index is 0.000000211. The fourth-order valence-corrected chi connectivity index (χ4v) is 2.61. The summed E-state index contributed by atoms with van der Waals surface area (Å²) in [5.41, 5.74) is 2.70. The van der Waals surface area contributed by atoms with Crippen molar-refractivity contribution in [2.45, 2.75) is 40.0 Å². The van der Waals surface area contributed by atoms with Crippen molar-refractivity contribution < 1.29 is 20.8 Å². The van der Waals surface area contributed by atoms with Crippen LogP contribution in [0.2, 0.25) is 26.2 Å². The van der Waals surface area contributed by atoms with E-state index >= 15 is 0 Å². The summed E-state index contributed by atoms with van der Waals surface area (Å²) in [6.07, 6.45) is 0. The summed E-state index contributed by atoms with van der Waals surface area (Å²) in [5.74, 6) is 0. The first-order valence-electron chi connectivity index (χ1n) is 9.59. The van der Waals surface area contributed by atoms with Gasteiger partial charge >= 0.3 is 37.9 Å². The van der Waals surface area contributed by atoms with Crippen molar-refractivity contribution in [2.24, 2.45) is 0 Å². The molecule has 0 spiro atoms. The van der Waals surface area contributed by atoms with E-state index in [0.717, 1.165) is 0 Å². The number of benzene rings is 2. The van der Waals surface area contributed by atoms with Gasteiger partial charge in [0.05, 0.1) is 0 Å². The van der Waals surface area contributed by atoms with Crippen LogP contribution in [0.4, 0.5) is 0 Å². The van der Waals surface area contributed by atoms with E-state index in [9.17, 15) is 0 Å². The van der Waals surface area contributed by atoms with Crippen molar-refractivity contribution in [3.8, 4) is 0 Å². The number of fused-ring (bicyclic) bond motifs is 2. The molecule has 4 aromatic rings. The van der Waals surface area contributed by atoms with Gasteiger partial charge in [0, 0.05) is 16.6 Å². The second-order valence-electron chi connectivity index (χ2n) is 7.89. The summed E-state index contributed by atoms with van der Waals surface area (Å²) in [6, 6.07) is 25.7. The molecule has 29 heavy (non-hydrogen) atoms. The summed E-state index contributed by atoms with van der Waals surface area (Å²) in [5, 5.41) is 5.39. The molecule has 2 radical (unpaired) electrons. The number of hydrogen-bond donors (Lipinski definition) is 0. The summed E-state index contributed by atoms with van der Waals surface area (Å²) in [7, 11) is 10.5. The minimum atomic E-state index is -0.826. The second-order valence-corrected chi connectivity index (χ2v) is 22.6. The third kappa shape index (κ3) is 10.9. The van der Waals surface area contributed by atoms with Crippen LogP contribution in [-0.2, 0) is 20.8 Å². The number of hydrogen-bond acceptors (Lipinski definition) is 0. The van der Waals surface area contributed by atoms with Crippen LogP contribution in [0.15, 0.2) is 72.8 Å². The molecule has 0 atom stereocenters. The standard InChI is InChI=1S/2C10H9.C4H12Si2.2ClH.Zr/c2*1-8-6-9-4-2-3-5-10(9)7-8;1-5-6(2,3)4;;;/h2*2-7H,1H3;1-4H3;2*1H;/q2*-1;;;;+4/p-2. The molecular formula is C24H30Cl2Si2Zr. The predicted molar refractivity (Wildman–Crippen MR) is 135 cm³/mol. The van der Waals surface area contributed by atoms with E-state index in [0.29, 0.717) is 0 Å². The van der Waals surface area contributed by atoms with E-state index in [2.05, 4.69) is 113 Å². The zero-order valence-electron chi connectivity index (χ0n) is 18.2. The SMILES string of the molecule is C[Si][Si](C)(C)C.Cc1cc2ccccc2[cH-]1.Cc1cc2ccccc2[cH-]1.[Cl][Zr+2][Cl]. The Bertz CT molecular complexity index is 830. The first-order valence-corrected chi connectivity index (χ1v) is 21.9. The molecule has 0 nitrogen and oxygen atoms in total. The molecule has 0 fully saturated rings. The summed E-state index contributed by atoms with van der Waals surface area (Å²) in [6.45, 7) is 13.7. The number of halogens is 2. The van der Waals surface area contributed by atoms with Crippen LogP contribution in [0, 0.1) is 13.8 Å². The van der Waals surface area contributed by atoms with E-state index in [-0.39, 0.29) is 0 Å². The van der Waals surface area contributed by atoms with Crippen molar-refractivity contribution in [1.82, 2.24) is 0 Å². The molecule has 0 N–H and O–H groups in total. The molecule has 0 aliphatic heterocycles. The topological polar surface area (TPSA) is 0 Å². The molecule has 0 aliphatic rings. The molecule has 0 heterocycles. The molecule has 0 saturated heterocycles.